The topological polar surface area (TPSA) is 96.5 Å². The van der Waals surface area contributed by atoms with Crippen LogP contribution in [0, 0.1) is 0 Å². The van der Waals surface area contributed by atoms with Gasteiger partial charge >= 0.3 is 7.55 Å². The van der Waals surface area contributed by atoms with Gasteiger partial charge in [-0.25, -0.2) is 0 Å². The number of nitrogens with zero attached hydrogens (tertiary/aromatic N) is 3. The van der Waals surface area contributed by atoms with Crippen molar-refractivity contribution < 1.29 is 9.22 Å². The fraction of sp³-hybridized carbons (Fsp3) is 0.171. The molecule has 6 N–H and O–H groups in total. The summed E-state index contributed by atoms with van der Waals surface area (Å²) in [5, 5.41) is 7.09. The molecule has 0 bridgehead atoms. The molecule has 0 unspecified atom stereocenters. The van der Waals surface area contributed by atoms with Gasteiger partial charge in [-0.1, -0.05) is 60.7 Å². The highest BCUT2D eigenvalue weighted by atomic mass is 16.5. The zero-order chi connectivity index (χ0) is 30.5. The SMILES string of the molecule is CCOc1ccccc1CNC1=[N+]2[B]n3c(NC=C(N)CN(C)Cc4ccccc4)ccc3C(c3ccc(N)cc3)=C2C=C1. The Labute approximate surface area is 259 Å². The maximum Gasteiger partial charge on any atom is 0.553 e. The van der Waals surface area contributed by atoms with E-state index in [1.54, 1.807) is 0 Å². The maximum absolute atomic E-state index is 6.46. The Morgan fingerprint density at radius 1 is 0.977 bits per heavy atom. The van der Waals surface area contributed by atoms with E-state index >= 15 is 0 Å². The summed E-state index contributed by atoms with van der Waals surface area (Å²) in [5.74, 6) is 2.78. The van der Waals surface area contributed by atoms with E-state index in [4.69, 9.17) is 16.2 Å². The van der Waals surface area contributed by atoms with Crippen LogP contribution in [0.2, 0.25) is 0 Å². The summed E-state index contributed by atoms with van der Waals surface area (Å²) >= 11 is 0. The maximum atomic E-state index is 6.46. The molecule has 2 aliphatic rings. The Morgan fingerprint density at radius 3 is 2.55 bits per heavy atom. The first-order chi connectivity index (χ1) is 21.5. The van der Waals surface area contributed by atoms with E-state index in [2.05, 4.69) is 106 Å². The number of likely N-dealkylation sites (N-methyl/N-ethyl adjacent to an activating group) is 1. The first-order valence-corrected chi connectivity index (χ1v) is 14.9. The fourth-order valence-corrected chi connectivity index (χ4v) is 5.61. The molecule has 0 amide bonds. The van der Waals surface area contributed by atoms with Gasteiger partial charge < -0.3 is 26.0 Å². The number of amidine groups is 1. The molecule has 44 heavy (non-hydrogen) atoms. The number of aromatic nitrogens is 1. The van der Waals surface area contributed by atoms with Crippen molar-refractivity contribution in [2.24, 2.45) is 5.73 Å². The Morgan fingerprint density at radius 2 is 1.75 bits per heavy atom. The normalized spacial score (nSPS) is 14.0. The second kappa shape index (κ2) is 13.0. The highest BCUT2D eigenvalue weighted by Gasteiger charge is 2.34. The summed E-state index contributed by atoms with van der Waals surface area (Å²) in [6.45, 7) is 4.72. The number of hydrogen-bond acceptors (Lipinski definition) is 6. The van der Waals surface area contributed by atoms with Crippen molar-refractivity contribution in [2.45, 2.75) is 20.0 Å². The smallest absolute Gasteiger partial charge is 0.493 e. The molecule has 221 valence electrons. The first kappa shape index (κ1) is 29.0. The van der Waals surface area contributed by atoms with E-state index in [9.17, 15) is 0 Å². The van der Waals surface area contributed by atoms with Crippen LogP contribution in [-0.4, -0.2) is 47.4 Å². The highest BCUT2D eigenvalue weighted by Crippen LogP contribution is 2.35. The molecule has 2 aliphatic heterocycles. The molecule has 0 fully saturated rings. The Hall–Kier alpha value is -5.15. The van der Waals surface area contributed by atoms with Gasteiger partial charge in [0.15, 0.2) is 0 Å². The molecule has 0 atom stereocenters. The van der Waals surface area contributed by atoms with Gasteiger partial charge in [0.2, 0.25) is 0 Å². The fourth-order valence-electron chi connectivity index (χ4n) is 5.61. The van der Waals surface area contributed by atoms with Crippen molar-refractivity contribution in [3.63, 3.8) is 0 Å². The highest BCUT2D eigenvalue weighted by molar-refractivity contribution is 6.30. The number of ether oxygens (including phenoxy) is 1. The average Bonchev–Trinajstić information content (AvgIpc) is 3.63. The third-order valence-corrected chi connectivity index (χ3v) is 7.66. The zero-order valence-electron chi connectivity index (χ0n) is 25.2. The van der Waals surface area contributed by atoms with Gasteiger partial charge in [0, 0.05) is 53.6 Å². The number of rotatable bonds is 11. The minimum Gasteiger partial charge on any atom is -0.493 e. The number of nitrogens with two attached hydrogens (primary N) is 2. The number of nitrogen functional groups attached to an aromatic ring is 1. The summed E-state index contributed by atoms with van der Waals surface area (Å²) in [6.07, 6.45) is 6.16. The third-order valence-electron chi connectivity index (χ3n) is 7.66. The number of para-hydroxylation sites is 1. The molecule has 8 nitrogen and oxygen atoms in total. The van der Waals surface area contributed by atoms with Gasteiger partial charge in [-0.2, -0.15) is 0 Å². The number of nitrogens with one attached hydrogen (secondary N) is 2. The summed E-state index contributed by atoms with van der Waals surface area (Å²) < 4.78 is 10.2. The van der Waals surface area contributed by atoms with Crippen LogP contribution in [-0.2, 0) is 13.1 Å². The molecule has 3 aromatic carbocycles. The summed E-state index contributed by atoms with van der Waals surface area (Å²) in [6, 6.07) is 30.8. The Kier molecular flexibility index (Phi) is 8.56. The summed E-state index contributed by atoms with van der Waals surface area (Å²) in [7, 11) is 4.18. The predicted molar refractivity (Wildman–Crippen MR) is 180 cm³/mol. The van der Waals surface area contributed by atoms with E-state index in [0.29, 0.717) is 19.7 Å². The second-order valence-corrected chi connectivity index (χ2v) is 11.0. The van der Waals surface area contributed by atoms with Crippen LogP contribution in [0.1, 0.15) is 29.3 Å². The lowest BCUT2D eigenvalue weighted by Gasteiger charge is -2.22. The van der Waals surface area contributed by atoms with Crippen molar-refractivity contribution in [1.82, 2.24) is 14.7 Å². The van der Waals surface area contributed by atoms with E-state index < -0.39 is 0 Å². The van der Waals surface area contributed by atoms with Crippen molar-refractivity contribution in [3.05, 3.63) is 143 Å². The number of benzene rings is 3. The van der Waals surface area contributed by atoms with Gasteiger partial charge in [0.25, 0.3) is 5.84 Å². The largest absolute Gasteiger partial charge is 0.553 e. The second-order valence-electron chi connectivity index (χ2n) is 11.0. The lowest BCUT2D eigenvalue weighted by Crippen LogP contribution is -2.37. The molecule has 6 rings (SSSR count). The monoisotopic (exact) mass is 583 g/mol. The Bertz CT molecular complexity index is 1750. The van der Waals surface area contributed by atoms with Crippen molar-refractivity contribution >= 4 is 30.5 Å². The molecule has 4 aromatic rings. The van der Waals surface area contributed by atoms with Crippen molar-refractivity contribution in [1.29, 1.82) is 0 Å². The van der Waals surface area contributed by atoms with Crippen molar-refractivity contribution in [2.75, 3.05) is 31.2 Å². The van der Waals surface area contributed by atoms with E-state index in [1.807, 2.05) is 49.5 Å². The lowest BCUT2D eigenvalue weighted by molar-refractivity contribution is -0.315. The molecule has 1 aromatic heterocycles. The van der Waals surface area contributed by atoms with Gasteiger partial charge in [0.1, 0.15) is 23.8 Å². The van der Waals surface area contributed by atoms with Crippen LogP contribution in [0.4, 0.5) is 11.5 Å². The third kappa shape index (κ3) is 6.28. The van der Waals surface area contributed by atoms with Crippen LogP contribution in [0.15, 0.2) is 121 Å². The van der Waals surface area contributed by atoms with Gasteiger partial charge in [0.05, 0.1) is 6.61 Å². The van der Waals surface area contributed by atoms with Crippen LogP contribution in [0.5, 0.6) is 5.75 Å². The minimum absolute atomic E-state index is 0.625. The molecule has 0 spiro atoms. The standard InChI is InChI=1S/C35H38BN7O/c1-3-44-32-12-8-7-11-27(32)21-39-33-19-17-30-35(26-13-15-28(37)16-14-26)31-18-20-34(43(31)36-42(30)33)40-22-29(38)24-41(2)23-25-9-5-4-6-10-25/h4-20,22,39-40H,3,21,23-24,37-38H2,1-2H3/q+1. The average molecular weight is 584 g/mol. The number of anilines is 2. The van der Waals surface area contributed by atoms with E-state index in [-0.39, 0.29) is 0 Å². The van der Waals surface area contributed by atoms with Crippen molar-refractivity contribution in [3.8, 4) is 5.75 Å². The van der Waals surface area contributed by atoms with Gasteiger partial charge in [-0.15, -0.1) is 0 Å². The zero-order valence-corrected chi connectivity index (χ0v) is 25.2. The minimum atomic E-state index is 0.625. The molecule has 1 radical (unpaired) electrons. The van der Waals surface area contributed by atoms with Crippen LogP contribution in [0.3, 0.4) is 0 Å². The molecule has 9 heteroatoms. The molecule has 0 saturated carbocycles. The van der Waals surface area contributed by atoms with E-state index in [0.717, 1.165) is 63.4 Å². The number of hydrogen-bond donors (Lipinski definition) is 4. The van der Waals surface area contributed by atoms with Crippen LogP contribution >= 0.6 is 0 Å². The summed E-state index contributed by atoms with van der Waals surface area (Å²) in [5.41, 5.74) is 20.7. The molecule has 0 aliphatic carbocycles. The Balaban J connectivity index is 1.27. The lowest BCUT2D eigenvalue weighted by atomic mass is 9.93. The summed E-state index contributed by atoms with van der Waals surface area (Å²) in [4.78, 5) is 2.20. The van der Waals surface area contributed by atoms with Gasteiger partial charge in [-0.05, 0) is 61.5 Å². The van der Waals surface area contributed by atoms with Crippen LogP contribution < -0.4 is 26.8 Å². The quantitative estimate of drug-likeness (QED) is 0.151. The predicted octanol–water partition coefficient (Wildman–Crippen LogP) is 4.74. The number of allylic oxidation sites excluding steroid dienone is 1. The molecular weight excluding hydrogens is 545 g/mol. The van der Waals surface area contributed by atoms with E-state index in [1.165, 1.54) is 5.56 Å². The molecule has 3 heterocycles. The molecular formula is C35H38BN7O+. The van der Waals surface area contributed by atoms with Crippen LogP contribution in [0.25, 0.3) is 5.57 Å². The van der Waals surface area contributed by atoms with Gasteiger partial charge in [-0.3, -0.25) is 14.7 Å². The molecule has 0 saturated heterocycles. The first-order valence-electron chi connectivity index (χ1n) is 14.9. The number of fused-ring (bicyclic) bond motifs is 2.